The van der Waals surface area contributed by atoms with Gasteiger partial charge in [-0.05, 0) is 76.6 Å². The van der Waals surface area contributed by atoms with E-state index >= 15 is 0 Å². The topological polar surface area (TPSA) is 163 Å². The van der Waals surface area contributed by atoms with Crippen LogP contribution in [0.2, 0.25) is 0 Å². The van der Waals surface area contributed by atoms with E-state index in [1.165, 1.54) is 16.3 Å². The van der Waals surface area contributed by atoms with Gasteiger partial charge in [-0.1, -0.05) is 19.9 Å². The number of hydrogen-bond acceptors (Lipinski definition) is 13. The monoisotopic (exact) mass is 854 g/mol. The van der Waals surface area contributed by atoms with Gasteiger partial charge in [-0.15, -0.1) is 11.3 Å². The SMILES string of the molecule is CO[C@@H](C)c1ncc(N2CCN3CCOC[C@@H]3C2)cc1-c1[nH]c2ccc3cc2c1CC(C)(C)COC(=O)[C@H]1NN(C(=O)[C@@H](NC(=O)OC(C)(C)C)Cc2nc-3cs2)C2CC1C2. The minimum atomic E-state index is -0.984. The number of carbonyl (C=O) groups excluding carboxylic acids is 3. The number of methoxy groups -OCH3 is 1. The molecule has 16 heteroatoms. The number of benzene rings is 1. The van der Waals surface area contributed by atoms with Gasteiger partial charge in [0, 0.05) is 78.6 Å². The van der Waals surface area contributed by atoms with E-state index in [2.05, 4.69) is 63.6 Å². The molecule has 3 N–H and O–H groups in total. The second-order valence-corrected chi connectivity index (χ2v) is 20.1. The molecule has 4 saturated heterocycles. The number of nitrogens with one attached hydrogen (secondary N) is 3. The van der Waals surface area contributed by atoms with E-state index in [0.29, 0.717) is 30.3 Å². The zero-order valence-corrected chi connectivity index (χ0v) is 37.0. The molecule has 5 fully saturated rings. The average molecular weight is 855 g/mol. The number of piperazine rings is 1. The lowest BCUT2D eigenvalue weighted by Crippen LogP contribution is -2.71. The van der Waals surface area contributed by atoms with Gasteiger partial charge in [0.05, 0.1) is 65.9 Å². The van der Waals surface area contributed by atoms with Crippen molar-refractivity contribution in [2.24, 2.45) is 11.3 Å². The highest BCUT2D eigenvalue weighted by Gasteiger charge is 2.51. The van der Waals surface area contributed by atoms with Crippen molar-refractivity contribution in [1.82, 2.24) is 35.6 Å². The molecule has 8 heterocycles. The average Bonchev–Trinajstić information content (AvgIpc) is 3.84. The summed E-state index contributed by atoms with van der Waals surface area (Å²) in [4.78, 5) is 60.3. The van der Waals surface area contributed by atoms with Crippen molar-refractivity contribution in [3.8, 4) is 22.5 Å². The lowest BCUT2D eigenvalue weighted by Gasteiger charge is -2.53. The minimum Gasteiger partial charge on any atom is -0.464 e. The summed E-state index contributed by atoms with van der Waals surface area (Å²) >= 11 is 1.44. The summed E-state index contributed by atoms with van der Waals surface area (Å²) in [5.74, 6) is -0.696. The van der Waals surface area contributed by atoms with Gasteiger partial charge in [0.1, 0.15) is 17.7 Å². The highest BCUT2D eigenvalue weighted by atomic mass is 32.1. The highest BCUT2D eigenvalue weighted by molar-refractivity contribution is 7.10. The third kappa shape index (κ3) is 8.49. The molecule has 0 unspecified atom stereocenters. The van der Waals surface area contributed by atoms with Crippen LogP contribution in [-0.4, -0.2) is 126 Å². The second kappa shape index (κ2) is 16.3. The molecular formula is C45H58N8O7S. The number of fused-ring (bicyclic) bond motifs is 5. The number of nitrogens with zero attached hydrogens (tertiary/aromatic N) is 5. The van der Waals surface area contributed by atoms with E-state index in [9.17, 15) is 14.4 Å². The molecule has 1 saturated carbocycles. The van der Waals surface area contributed by atoms with Crippen molar-refractivity contribution in [2.75, 3.05) is 58.0 Å². The van der Waals surface area contributed by atoms with Gasteiger partial charge in [-0.3, -0.25) is 24.5 Å². The first-order valence-electron chi connectivity index (χ1n) is 21.6. The molecular weight excluding hydrogens is 797 g/mol. The number of pyridine rings is 1. The van der Waals surface area contributed by atoms with Crippen molar-refractivity contribution in [2.45, 2.75) is 103 Å². The molecule has 1 aromatic carbocycles. The number of amides is 2. The number of esters is 1. The molecule has 4 atom stereocenters. The zero-order valence-electron chi connectivity index (χ0n) is 36.2. The molecule has 8 bridgehead atoms. The van der Waals surface area contributed by atoms with Crippen LogP contribution in [0.3, 0.4) is 0 Å². The Balaban J connectivity index is 1.13. The third-order valence-corrected chi connectivity index (χ3v) is 13.7. The standard InChI is InChI=1S/C45H58N8O7S/c1-25(57-7)38-32(17-29(20-46-38)52-11-10-51-12-13-58-22-30(51)21-52)40-33-19-45(5,6)24-59-42(55)39-27-14-28(15-27)53(50-39)41(54)35(49-43(56)60-44(2,3)4)18-37-47-36(23-61-37)26-8-9-34(48-40)31(33)16-26/h8-9,16-17,20,23,25,27-28,30,35,39,48,50H,10-15,18-19,21-22,24H2,1-7H3,(H,49,56)/t25-,27?,28?,30-,35-,39-/m0/s1. The Morgan fingerprint density at radius 2 is 1.93 bits per heavy atom. The van der Waals surface area contributed by atoms with Gasteiger partial charge in [0.25, 0.3) is 5.91 Å². The van der Waals surface area contributed by atoms with Gasteiger partial charge < -0.3 is 34.1 Å². The Hall–Kier alpha value is -4.61. The third-order valence-electron chi connectivity index (χ3n) is 12.9. The molecule has 2 amide bonds. The van der Waals surface area contributed by atoms with Crippen LogP contribution in [0.1, 0.15) is 76.8 Å². The number of cyclic esters (lactones) is 1. The quantitative estimate of drug-likeness (QED) is 0.212. The normalized spacial score (nSPS) is 26.2. The number of anilines is 1. The van der Waals surface area contributed by atoms with E-state index in [0.717, 1.165) is 89.8 Å². The number of aromatic nitrogens is 3. The van der Waals surface area contributed by atoms with Crippen LogP contribution in [0.15, 0.2) is 35.8 Å². The predicted molar refractivity (Wildman–Crippen MR) is 232 cm³/mol. The summed E-state index contributed by atoms with van der Waals surface area (Å²) in [6.45, 7) is 16.9. The van der Waals surface area contributed by atoms with Crippen molar-refractivity contribution in [3.63, 3.8) is 0 Å². The van der Waals surface area contributed by atoms with Crippen LogP contribution >= 0.6 is 11.3 Å². The molecule has 6 aliphatic rings. The summed E-state index contributed by atoms with van der Waals surface area (Å²) in [6, 6.07) is 7.12. The molecule has 5 aliphatic heterocycles. The van der Waals surface area contributed by atoms with E-state index in [1.54, 1.807) is 27.9 Å². The van der Waals surface area contributed by atoms with Crippen LogP contribution in [0.25, 0.3) is 33.4 Å². The van der Waals surface area contributed by atoms with Crippen LogP contribution in [-0.2, 0) is 41.4 Å². The molecule has 0 spiro atoms. The summed E-state index contributed by atoms with van der Waals surface area (Å²) in [6.07, 6.45) is 3.06. The van der Waals surface area contributed by atoms with Crippen LogP contribution < -0.4 is 15.6 Å². The Kier molecular flexibility index (Phi) is 11.1. The maximum Gasteiger partial charge on any atom is 0.408 e. The summed E-state index contributed by atoms with van der Waals surface area (Å²) in [5, 5.41) is 8.07. The van der Waals surface area contributed by atoms with Gasteiger partial charge in [0.15, 0.2) is 0 Å². The number of hydrazine groups is 1. The first-order valence-corrected chi connectivity index (χ1v) is 22.5. The molecule has 10 rings (SSSR count). The van der Waals surface area contributed by atoms with Crippen molar-refractivity contribution in [3.05, 3.63) is 52.1 Å². The van der Waals surface area contributed by atoms with Gasteiger partial charge >= 0.3 is 12.1 Å². The van der Waals surface area contributed by atoms with Crippen molar-refractivity contribution >= 4 is 45.9 Å². The predicted octanol–water partition coefficient (Wildman–Crippen LogP) is 5.64. The molecule has 1 aliphatic carbocycles. The number of aromatic amines is 1. The Morgan fingerprint density at radius 1 is 1.11 bits per heavy atom. The number of carbonyl (C=O) groups is 3. The van der Waals surface area contributed by atoms with E-state index in [-0.39, 0.29) is 37.0 Å². The Labute approximate surface area is 360 Å². The first-order chi connectivity index (χ1) is 29.1. The van der Waals surface area contributed by atoms with E-state index in [1.807, 2.05) is 18.5 Å². The van der Waals surface area contributed by atoms with Crippen LogP contribution in [0.4, 0.5) is 10.5 Å². The minimum absolute atomic E-state index is 0.0438. The lowest BCUT2D eigenvalue weighted by molar-refractivity contribution is -0.170. The molecule has 15 nitrogen and oxygen atoms in total. The fourth-order valence-electron chi connectivity index (χ4n) is 9.45. The highest BCUT2D eigenvalue weighted by Crippen LogP contribution is 2.42. The summed E-state index contributed by atoms with van der Waals surface area (Å²) < 4.78 is 23.6. The largest absolute Gasteiger partial charge is 0.464 e. The van der Waals surface area contributed by atoms with Crippen LogP contribution in [0, 0.1) is 11.3 Å². The summed E-state index contributed by atoms with van der Waals surface area (Å²) in [5.41, 5.74) is 9.48. The van der Waals surface area contributed by atoms with Crippen molar-refractivity contribution in [1.29, 1.82) is 0 Å². The Bertz CT molecular complexity index is 2310. The number of thiazole rings is 1. The number of hydrogen-bond donors (Lipinski definition) is 3. The van der Waals surface area contributed by atoms with Crippen LogP contribution in [0.5, 0.6) is 0 Å². The van der Waals surface area contributed by atoms with E-state index in [4.69, 9.17) is 28.9 Å². The first kappa shape index (κ1) is 41.7. The smallest absolute Gasteiger partial charge is 0.408 e. The lowest BCUT2D eigenvalue weighted by atomic mass is 9.73. The van der Waals surface area contributed by atoms with E-state index < -0.39 is 35.2 Å². The number of alkyl carbamates (subject to hydrolysis) is 1. The maximum atomic E-state index is 14.3. The molecule has 61 heavy (non-hydrogen) atoms. The van der Waals surface area contributed by atoms with Crippen molar-refractivity contribution < 1.29 is 33.3 Å². The number of morpholine rings is 1. The molecule has 4 aromatic rings. The van der Waals surface area contributed by atoms with Gasteiger partial charge in [0.2, 0.25) is 0 Å². The fourth-order valence-corrected chi connectivity index (χ4v) is 10.3. The van der Waals surface area contributed by atoms with Gasteiger partial charge in [-0.25, -0.2) is 15.2 Å². The zero-order chi connectivity index (χ0) is 42.8. The number of H-pyrrole nitrogens is 1. The molecule has 326 valence electrons. The molecule has 3 aromatic heterocycles. The maximum absolute atomic E-state index is 14.3. The fraction of sp³-hybridized carbons (Fsp3) is 0.578. The number of rotatable bonds is 5. The summed E-state index contributed by atoms with van der Waals surface area (Å²) in [7, 11) is 1.71. The second-order valence-electron chi connectivity index (χ2n) is 19.1. The Morgan fingerprint density at radius 3 is 2.72 bits per heavy atom. The van der Waals surface area contributed by atoms with Gasteiger partial charge in [-0.2, -0.15) is 0 Å². The number of ether oxygens (including phenoxy) is 4. The molecule has 0 radical (unpaired) electrons.